The van der Waals surface area contributed by atoms with Crippen LogP contribution in [0.1, 0.15) is 31.7 Å². The lowest BCUT2D eigenvalue weighted by Gasteiger charge is -2.26. The number of benzene rings is 2. The molecule has 1 aliphatic rings. The molecule has 28 heavy (non-hydrogen) atoms. The summed E-state index contributed by atoms with van der Waals surface area (Å²) in [4.78, 5) is 13.9. The molecule has 0 aromatic heterocycles. The van der Waals surface area contributed by atoms with Gasteiger partial charge in [0.05, 0.1) is 10.1 Å². The number of thioether (sulfide) groups is 1. The molecular formula is C21H26N2O3S2. The summed E-state index contributed by atoms with van der Waals surface area (Å²) in [5.41, 5.74) is 1.38. The topological polar surface area (TPSA) is 66.5 Å². The van der Waals surface area contributed by atoms with Crippen molar-refractivity contribution in [2.45, 2.75) is 48.2 Å². The summed E-state index contributed by atoms with van der Waals surface area (Å²) in [6.07, 6.45) is 2.85. The van der Waals surface area contributed by atoms with Crippen LogP contribution in [0.15, 0.2) is 58.3 Å². The fourth-order valence-corrected chi connectivity index (χ4v) is 5.57. The Morgan fingerprint density at radius 1 is 1.07 bits per heavy atom. The van der Waals surface area contributed by atoms with Crippen LogP contribution >= 0.6 is 11.8 Å². The zero-order valence-electron chi connectivity index (χ0n) is 16.2. The number of nitrogens with zero attached hydrogens (tertiary/aromatic N) is 1. The number of carbonyl (C=O) groups excluding carboxylic acids is 1. The number of piperidine rings is 1. The minimum atomic E-state index is -3.53. The summed E-state index contributed by atoms with van der Waals surface area (Å²) < 4.78 is 27.4. The standard InChI is InChI=1S/C21H26N2O3S2/c1-16-11-12-19(28(25,26)23-13-7-4-8-14-23)15-20(16)22-21(24)17(2)27-18-9-5-3-6-10-18/h3,5-6,9-12,15,17H,4,7-8,13-14H2,1-2H3,(H,22,24)/t17-/m0/s1. The van der Waals surface area contributed by atoms with Crippen LogP contribution in [0, 0.1) is 6.92 Å². The highest BCUT2D eigenvalue weighted by molar-refractivity contribution is 8.00. The molecule has 1 aliphatic heterocycles. The molecule has 2 aromatic rings. The van der Waals surface area contributed by atoms with Crippen molar-refractivity contribution < 1.29 is 13.2 Å². The molecule has 1 amide bonds. The zero-order valence-corrected chi connectivity index (χ0v) is 17.9. The van der Waals surface area contributed by atoms with E-state index in [1.165, 1.54) is 11.8 Å². The van der Waals surface area contributed by atoms with Gasteiger partial charge in [-0.05, 0) is 56.5 Å². The Labute approximate surface area is 171 Å². The maximum atomic E-state index is 12.9. The molecule has 5 nitrogen and oxygen atoms in total. The first-order valence-electron chi connectivity index (χ1n) is 9.51. The molecule has 3 rings (SSSR count). The molecule has 7 heteroatoms. The minimum absolute atomic E-state index is 0.149. The molecule has 0 aliphatic carbocycles. The third-order valence-corrected chi connectivity index (χ3v) is 7.85. The van der Waals surface area contributed by atoms with E-state index in [1.807, 2.05) is 44.2 Å². The first-order chi connectivity index (χ1) is 13.4. The van der Waals surface area contributed by atoms with Gasteiger partial charge in [-0.1, -0.05) is 30.7 Å². The quantitative estimate of drug-likeness (QED) is 0.711. The average Bonchev–Trinajstić information content (AvgIpc) is 2.71. The monoisotopic (exact) mass is 418 g/mol. The van der Waals surface area contributed by atoms with Gasteiger partial charge in [-0.2, -0.15) is 4.31 Å². The van der Waals surface area contributed by atoms with E-state index in [0.717, 1.165) is 29.7 Å². The van der Waals surface area contributed by atoms with E-state index in [1.54, 1.807) is 22.5 Å². The Bertz CT molecular complexity index is 924. The van der Waals surface area contributed by atoms with Crippen molar-refractivity contribution in [1.29, 1.82) is 0 Å². The van der Waals surface area contributed by atoms with Crippen molar-refractivity contribution in [1.82, 2.24) is 4.31 Å². The van der Waals surface area contributed by atoms with Gasteiger partial charge in [-0.15, -0.1) is 11.8 Å². The number of rotatable bonds is 6. The molecule has 1 N–H and O–H groups in total. The van der Waals surface area contributed by atoms with Crippen LogP contribution in [0.3, 0.4) is 0 Å². The number of aryl methyl sites for hydroxylation is 1. The van der Waals surface area contributed by atoms with Crippen molar-refractivity contribution in [3.05, 3.63) is 54.1 Å². The summed E-state index contributed by atoms with van der Waals surface area (Å²) >= 11 is 1.47. The summed E-state index contributed by atoms with van der Waals surface area (Å²) in [6, 6.07) is 14.7. The first-order valence-corrected chi connectivity index (χ1v) is 11.8. The molecule has 0 spiro atoms. The summed E-state index contributed by atoms with van der Waals surface area (Å²) in [5.74, 6) is -0.149. The van der Waals surface area contributed by atoms with Crippen LogP contribution in [0.2, 0.25) is 0 Å². The Hall–Kier alpha value is -1.83. The minimum Gasteiger partial charge on any atom is -0.325 e. The summed E-state index contributed by atoms with van der Waals surface area (Å²) in [7, 11) is -3.53. The third-order valence-electron chi connectivity index (χ3n) is 4.85. The molecule has 0 unspecified atom stereocenters. The maximum Gasteiger partial charge on any atom is 0.243 e. The van der Waals surface area contributed by atoms with Gasteiger partial charge >= 0.3 is 0 Å². The number of amides is 1. The second kappa shape index (κ2) is 9.11. The van der Waals surface area contributed by atoms with E-state index in [-0.39, 0.29) is 16.1 Å². The number of sulfonamides is 1. The SMILES string of the molecule is Cc1ccc(S(=O)(=O)N2CCCCC2)cc1NC(=O)[C@H](C)Sc1ccccc1. The van der Waals surface area contributed by atoms with Crippen molar-refractivity contribution in [3.63, 3.8) is 0 Å². The smallest absolute Gasteiger partial charge is 0.243 e. The number of hydrogen-bond donors (Lipinski definition) is 1. The number of nitrogens with one attached hydrogen (secondary N) is 1. The Morgan fingerprint density at radius 2 is 1.75 bits per heavy atom. The van der Waals surface area contributed by atoms with Gasteiger partial charge in [0.1, 0.15) is 0 Å². The highest BCUT2D eigenvalue weighted by Crippen LogP contribution is 2.27. The molecule has 2 aromatic carbocycles. The van der Waals surface area contributed by atoms with Crippen molar-refractivity contribution >= 4 is 33.4 Å². The lowest BCUT2D eigenvalue weighted by molar-refractivity contribution is -0.115. The number of hydrogen-bond acceptors (Lipinski definition) is 4. The van der Waals surface area contributed by atoms with Gasteiger partial charge in [-0.25, -0.2) is 8.42 Å². The average molecular weight is 419 g/mol. The molecule has 150 valence electrons. The Balaban J connectivity index is 1.75. The van der Waals surface area contributed by atoms with E-state index in [9.17, 15) is 13.2 Å². The van der Waals surface area contributed by atoms with E-state index in [4.69, 9.17) is 0 Å². The summed E-state index contributed by atoms with van der Waals surface area (Å²) in [5, 5.41) is 2.60. The summed E-state index contributed by atoms with van der Waals surface area (Å²) in [6.45, 7) is 4.82. The maximum absolute atomic E-state index is 12.9. The number of anilines is 1. The third kappa shape index (κ3) is 4.96. The van der Waals surface area contributed by atoms with Crippen LogP contribution < -0.4 is 5.32 Å². The predicted octanol–water partition coefficient (Wildman–Crippen LogP) is 4.29. The molecule has 1 heterocycles. The van der Waals surface area contributed by atoms with Gasteiger partial charge in [0.2, 0.25) is 15.9 Å². The first kappa shape index (κ1) is 20.9. The second-order valence-corrected chi connectivity index (χ2v) is 10.4. The fraction of sp³-hybridized carbons (Fsp3) is 0.381. The molecule has 0 saturated carbocycles. The predicted molar refractivity (Wildman–Crippen MR) is 114 cm³/mol. The normalized spacial score (nSPS) is 16.5. The van der Waals surface area contributed by atoms with Crippen molar-refractivity contribution in [2.75, 3.05) is 18.4 Å². The van der Waals surface area contributed by atoms with Gasteiger partial charge in [0.25, 0.3) is 0 Å². The van der Waals surface area contributed by atoms with Gasteiger partial charge in [0, 0.05) is 23.7 Å². The highest BCUT2D eigenvalue weighted by Gasteiger charge is 2.26. The van der Waals surface area contributed by atoms with E-state index in [2.05, 4.69) is 5.32 Å². The van der Waals surface area contributed by atoms with Crippen LogP contribution in [-0.4, -0.2) is 37.0 Å². The molecule has 0 bridgehead atoms. The van der Waals surface area contributed by atoms with Gasteiger partial charge in [-0.3, -0.25) is 4.79 Å². The molecule has 1 atom stereocenters. The second-order valence-electron chi connectivity index (χ2n) is 7.00. The van der Waals surface area contributed by atoms with Gasteiger partial charge in [0.15, 0.2) is 0 Å². The van der Waals surface area contributed by atoms with Crippen LogP contribution in [0.4, 0.5) is 5.69 Å². The fourth-order valence-electron chi connectivity index (χ4n) is 3.14. The van der Waals surface area contributed by atoms with Crippen LogP contribution in [-0.2, 0) is 14.8 Å². The van der Waals surface area contributed by atoms with E-state index < -0.39 is 10.0 Å². The largest absolute Gasteiger partial charge is 0.325 e. The molecule has 1 fully saturated rings. The zero-order chi connectivity index (χ0) is 20.1. The lowest BCUT2D eigenvalue weighted by Crippen LogP contribution is -2.35. The van der Waals surface area contributed by atoms with E-state index >= 15 is 0 Å². The Kier molecular flexibility index (Phi) is 6.80. The number of carbonyl (C=O) groups is 1. The highest BCUT2D eigenvalue weighted by atomic mass is 32.2. The Morgan fingerprint density at radius 3 is 2.43 bits per heavy atom. The lowest BCUT2D eigenvalue weighted by atomic mass is 10.2. The van der Waals surface area contributed by atoms with Crippen LogP contribution in [0.25, 0.3) is 0 Å². The van der Waals surface area contributed by atoms with Crippen molar-refractivity contribution in [2.24, 2.45) is 0 Å². The van der Waals surface area contributed by atoms with Crippen molar-refractivity contribution in [3.8, 4) is 0 Å². The van der Waals surface area contributed by atoms with E-state index in [0.29, 0.717) is 18.8 Å². The molecular weight excluding hydrogens is 392 g/mol. The molecule has 1 saturated heterocycles. The van der Waals surface area contributed by atoms with Crippen LogP contribution in [0.5, 0.6) is 0 Å². The molecule has 0 radical (unpaired) electrons. The van der Waals surface area contributed by atoms with Gasteiger partial charge < -0.3 is 5.32 Å².